The number of pyridine rings is 1. The molecule has 0 saturated carbocycles. The lowest BCUT2D eigenvalue weighted by Crippen LogP contribution is -1.91. The molecule has 3 aromatic rings. The maximum atomic E-state index is 7.33. The van der Waals surface area contributed by atoms with Crippen LogP contribution in [0.2, 0.25) is 0 Å². The molecule has 95 heavy (non-hydrogen) atoms. The predicted molar refractivity (Wildman–Crippen MR) is 646 cm³/mol. The molecule has 0 bridgehead atoms. The van der Waals surface area contributed by atoms with Crippen LogP contribution in [0.1, 0.15) is 5.69 Å². The average molecular weight is 2790 g/mol. The highest BCUT2D eigenvalue weighted by molar-refractivity contribution is 9.10. The molecule has 0 amide bonds. The van der Waals surface area contributed by atoms with Crippen molar-refractivity contribution in [1.82, 2.24) is 9.38 Å². The Morgan fingerprint density at radius 3 is 0.600 bits per heavy atom. The van der Waals surface area contributed by atoms with Crippen molar-refractivity contribution in [2.75, 3.05) is 0 Å². The van der Waals surface area contributed by atoms with E-state index in [-0.39, 0.29) is 0 Å². The number of rotatable bonds is 0. The molecule has 3 nitrogen and oxygen atoms in total. The second kappa shape index (κ2) is 90.1. The van der Waals surface area contributed by atoms with Gasteiger partial charge in [-0.25, -0.2) is 9.83 Å². The largest absolute Gasteiger partial charge is 0.313 e. The molecule has 82 heteroatoms. The van der Waals surface area contributed by atoms with Gasteiger partial charge in [-0.3, -0.25) is 0 Å². The summed E-state index contributed by atoms with van der Waals surface area (Å²) in [7, 11) is 137. The van der Waals surface area contributed by atoms with E-state index in [4.69, 9.17) is 28.9 Å². The Bertz CT molecular complexity index is 6940. The summed E-state index contributed by atoms with van der Waals surface area (Å²) < 4.78 is 2.74. The van der Waals surface area contributed by atoms with E-state index in [1.807, 2.05) is 592 Å². The van der Waals surface area contributed by atoms with Gasteiger partial charge in [-0.2, -0.15) is 0 Å². The molecule has 0 radical (unpaired) electrons. The summed E-state index contributed by atoms with van der Waals surface area (Å²) >= 11 is 13.0. The molecule has 0 fully saturated rings. The van der Waals surface area contributed by atoms with Gasteiger partial charge in [-0.15, -0.1) is 0 Å². The van der Waals surface area contributed by atoms with Crippen molar-refractivity contribution >= 4 is 735 Å². The van der Waals surface area contributed by atoms with Crippen molar-refractivity contribution in [3.63, 3.8) is 0 Å². The molecule has 0 aliphatic rings. The summed E-state index contributed by atoms with van der Waals surface area (Å²) in [6.45, 7) is 9.27. The van der Waals surface area contributed by atoms with Crippen LogP contribution >= 0.6 is 15.9 Å². The second-order valence-electron chi connectivity index (χ2n) is 9.02. The number of aryl methyl sites for hydroxylation is 1. The summed E-state index contributed by atoms with van der Waals surface area (Å²) in [5, 5.41) is 1.97. The number of imidazole rings is 1. The quantitative estimate of drug-likeness (QED) is 0.320. The maximum absolute atomic E-state index is 7.33. The van der Waals surface area contributed by atoms with Gasteiger partial charge < -0.3 is 4.40 Å². The smallest absolute Gasteiger partial charge is 0.214 e. The lowest BCUT2D eigenvalue weighted by atomic mass is 10.1. The minimum atomic E-state index is 0.693. The van der Waals surface area contributed by atoms with Crippen LogP contribution < -0.4 is 0 Å². The van der Waals surface area contributed by atoms with Crippen molar-refractivity contribution in [2.24, 2.45) is 0 Å². The molecule has 3 rings (SSSR count). The summed E-state index contributed by atoms with van der Waals surface area (Å²) in [5.41, 5.74) is 2.50. The Balaban J connectivity index is 0.00000153. The number of halogens is 1. The molecular formula is C13H8BrN3S78. The molecule has 2 aromatic heterocycles. The third-order valence-electron chi connectivity index (χ3n) is 5.00. The second-order valence-corrected chi connectivity index (χ2v) is 144. The van der Waals surface area contributed by atoms with Crippen LogP contribution in [0.3, 0.4) is 0 Å². The van der Waals surface area contributed by atoms with Gasteiger partial charge in [0.1, 0.15) is 10.3 Å². The van der Waals surface area contributed by atoms with Gasteiger partial charge >= 0.3 is 0 Å². The third-order valence-corrected chi connectivity index (χ3v) is 172. The Morgan fingerprint density at radius 2 is 0.442 bits per heavy atom. The van der Waals surface area contributed by atoms with E-state index in [0.717, 1.165) is 26.7 Å². The average Bonchev–Trinajstić information content (AvgIpc) is 1.70. The standard InChI is InChI=1S/C13H8BrN3.S78/c1-8-12(15-2)9-5-3-4-6-10(9)13-16-11(14)7-17(8)13;1-3-5-7-9-11-13-15-17-19-21-23-25-27-29-31-33-35-37-39-41-43-45-47-49-51-53-55-57-59-61-63-65-67-69-71-73-75-77-78-76-74-72-70-68-66-64-62-60-58-56-54-52-50-48-46-44-42-40-38-36-34-32-30-28-26-24-22-20-18-16-14-12-10-8-6-4-2/h3-7H,1H3;. The first-order valence-electron chi connectivity index (χ1n) is 18.0. The zero-order chi connectivity index (χ0) is 67.7. The molecule has 0 unspecified atom stereocenters. The van der Waals surface area contributed by atoms with E-state index in [1.165, 1.54) is 17.8 Å². The van der Waals surface area contributed by atoms with Crippen molar-refractivity contribution in [1.29, 1.82) is 0 Å². The molecule has 0 saturated heterocycles. The van der Waals surface area contributed by atoms with Crippen molar-refractivity contribution in [3.8, 4) is 0 Å². The molecular weight excluding hydrogens is 2780 g/mol. The molecule has 2 heterocycles. The first-order chi connectivity index (χ1) is 47.1. The van der Waals surface area contributed by atoms with Gasteiger partial charge in [-0.1, -0.05) is 24.3 Å². The fraction of sp³-hybridized carbons (Fsp3) is 0.0769. The molecule has 1 aromatic carbocycles. The molecule has 0 aliphatic heterocycles. The normalized spacial score (nSPS) is 8.39. The topological polar surface area (TPSA) is 21.7 Å². The first kappa shape index (κ1) is 106. The lowest BCUT2D eigenvalue weighted by molar-refractivity contribution is 1.11. The third kappa shape index (κ3) is 73.0. The van der Waals surface area contributed by atoms with Crippen molar-refractivity contribution in [3.05, 3.63) is 52.2 Å². The van der Waals surface area contributed by atoms with Gasteiger partial charge in [0.05, 0.1) is 6.57 Å². The van der Waals surface area contributed by atoms with Crippen LogP contribution in [-0.4, -0.2) is 9.38 Å². The monoisotopic (exact) mass is 2780 g/mol. The maximum Gasteiger partial charge on any atom is 0.214 e. The fourth-order valence-electron chi connectivity index (χ4n) is 2.97. The summed E-state index contributed by atoms with van der Waals surface area (Å²) in [6.07, 6.45) is 1.89. The minimum Gasteiger partial charge on any atom is -0.313 e. The molecule has 550 valence electrons. The van der Waals surface area contributed by atoms with Crippen LogP contribution in [0.25, 0.3) is 21.3 Å². The summed E-state index contributed by atoms with van der Waals surface area (Å²) in [4.78, 5) is 8.10. The summed E-state index contributed by atoms with van der Waals surface area (Å²) in [5.74, 6) is 0. The van der Waals surface area contributed by atoms with Gasteiger partial charge in [0.25, 0.3) is 0 Å². The van der Waals surface area contributed by atoms with E-state index in [1.54, 1.807) is 107 Å². The van der Waals surface area contributed by atoms with E-state index in [2.05, 4.69) is 25.8 Å². The van der Waals surface area contributed by atoms with Gasteiger partial charge in [0.15, 0.2) is 0 Å². The SMILES string of the molecule is S=S=S=S=S=S=S=S=S=S=S=S=S=S=S=S=S=S=S=S=S=S=S=S=S=S=S=S=S=S=S=S=S=S=S=S=S=S=S=S=S=S=S=S=S=S=S=S=S=S=S=S=S=S=S=S=S=S=S=S=S=S=S=S=S=S=S=S=S=S=S=S=S=S=S=S=S=S.[C-]#[N+]c1c(C)n2cc(Br)nc2c2ccccc12. The van der Waals surface area contributed by atoms with E-state index in [0.29, 0.717) is 5.69 Å². The predicted octanol–water partition coefficient (Wildman–Crippen LogP) is 3.92. The fourth-order valence-corrected chi connectivity index (χ4v) is 206. The number of hydrogen-bond acceptors (Lipinski definition) is 3. The highest BCUT2D eigenvalue weighted by atomic mass is 79.9. The molecule has 0 N–H and O–H groups in total. The van der Waals surface area contributed by atoms with Gasteiger partial charge in [-0.05, 0) is 28.2 Å². The minimum absolute atomic E-state index is 0.693. The zero-order valence-electron chi connectivity index (χ0n) is 40.9. The van der Waals surface area contributed by atoms with Crippen molar-refractivity contribution < 1.29 is 0 Å². The Labute approximate surface area is 780 Å². The van der Waals surface area contributed by atoms with E-state index < -0.39 is 0 Å². The van der Waals surface area contributed by atoms with Gasteiger partial charge in [0, 0.05) is 715 Å². The van der Waals surface area contributed by atoms with Crippen LogP contribution in [0, 0.1) is 13.5 Å². The lowest BCUT2D eigenvalue weighted by Gasteiger charge is -2.07. The Hall–Kier alpha value is 15.3. The first-order valence-corrected chi connectivity index (χ1v) is 121. The molecule has 0 spiro atoms. The number of hydrogen-bond donors (Lipinski definition) is 0. The van der Waals surface area contributed by atoms with Crippen molar-refractivity contribution in [2.45, 2.75) is 6.92 Å². The Morgan fingerprint density at radius 1 is 0.284 bits per heavy atom. The van der Waals surface area contributed by atoms with Crippen LogP contribution in [0.5, 0.6) is 0 Å². The Kier molecular flexibility index (Phi) is 101. The number of aromatic nitrogens is 2. The number of fused-ring (bicyclic) bond motifs is 3. The zero-order valence-corrected chi connectivity index (χ0v) is 106. The highest BCUT2D eigenvalue weighted by Crippen LogP contribution is 2.33. The van der Waals surface area contributed by atoms with Crippen LogP contribution in [0.4, 0.5) is 5.69 Å². The number of benzene rings is 1. The summed E-state index contributed by atoms with van der Waals surface area (Å²) in [6, 6.07) is 7.88. The van der Waals surface area contributed by atoms with Gasteiger partial charge in [0.2, 0.25) is 5.69 Å². The molecule has 0 aliphatic carbocycles. The van der Waals surface area contributed by atoms with Crippen LogP contribution in [-0.2, 0) is 697 Å². The van der Waals surface area contributed by atoms with E-state index in [9.17, 15) is 0 Å². The van der Waals surface area contributed by atoms with Crippen LogP contribution in [0.15, 0.2) is 35.1 Å². The number of nitrogens with zero attached hydrogens (tertiary/aromatic N) is 3. The highest BCUT2D eigenvalue weighted by Gasteiger charge is 2.12. The van der Waals surface area contributed by atoms with E-state index >= 15 is 0 Å². The molecule has 0 atom stereocenters.